The van der Waals surface area contributed by atoms with Crippen LogP contribution in [0.4, 0.5) is 17.5 Å². The monoisotopic (exact) mass is 537 g/mol. The molecule has 1 atom stereocenters. The number of primary amides is 1. The second-order valence-corrected chi connectivity index (χ2v) is 9.74. The molecule has 2 fully saturated rings. The first-order valence-corrected chi connectivity index (χ1v) is 13.0. The molecule has 13 heteroatoms. The van der Waals surface area contributed by atoms with Crippen LogP contribution in [0.15, 0.2) is 36.4 Å². The van der Waals surface area contributed by atoms with Crippen LogP contribution in [0.2, 0.25) is 0 Å². The average Bonchev–Trinajstić information content (AvgIpc) is 2.93. The molecule has 2 aliphatic rings. The number of rotatable bonds is 9. The van der Waals surface area contributed by atoms with Crippen LogP contribution in [0.25, 0.3) is 0 Å². The SMILES string of the molecule is CN(C)CC=CC(=O)N1CCCC(Nc2nnc(C(N)=O)c(Nc3ccc(C(=O)N4CCOCC4)cc3)n2)C1. The van der Waals surface area contributed by atoms with Gasteiger partial charge in [0.25, 0.3) is 11.8 Å². The van der Waals surface area contributed by atoms with E-state index in [1.807, 2.05) is 25.1 Å². The summed E-state index contributed by atoms with van der Waals surface area (Å²) in [7, 11) is 3.89. The number of hydrogen-bond donors (Lipinski definition) is 3. The van der Waals surface area contributed by atoms with E-state index in [2.05, 4.69) is 25.8 Å². The van der Waals surface area contributed by atoms with E-state index >= 15 is 0 Å². The van der Waals surface area contributed by atoms with Crippen LogP contribution in [-0.4, -0.2) is 114 Å². The molecule has 0 saturated carbocycles. The first-order chi connectivity index (χ1) is 18.8. The van der Waals surface area contributed by atoms with Gasteiger partial charge in [0.05, 0.1) is 13.2 Å². The predicted molar refractivity (Wildman–Crippen MR) is 146 cm³/mol. The van der Waals surface area contributed by atoms with Gasteiger partial charge >= 0.3 is 0 Å². The molecule has 3 heterocycles. The highest BCUT2D eigenvalue weighted by atomic mass is 16.5. The molecule has 0 radical (unpaired) electrons. The highest BCUT2D eigenvalue weighted by Crippen LogP contribution is 2.21. The number of carbonyl (C=O) groups excluding carboxylic acids is 3. The van der Waals surface area contributed by atoms with E-state index in [0.717, 1.165) is 12.8 Å². The summed E-state index contributed by atoms with van der Waals surface area (Å²) in [6, 6.07) is 6.78. The third-order valence-corrected chi connectivity index (χ3v) is 6.41. The molecule has 0 spiro atoms. The number of likely N-dealkylation sites (tertiary alicyclic amines) is 1. The minimum Gasteiger partial charge on any atom is -0.378 e. The molecule has 1 unspecified atom stereocenters. The van der Waals surface area contributed by atoms with Crippen LogP contribution in [0.3, 0.4) is 0 Å². The number of anilines is 3. The normalized spacial score (nSPS) is 17.9. The number of morpholine rings is 1. The maximum absolute atomic E-state index is 12.7. The largest absolute Gasteiger partial charge is 0.378 e. The topological polar surface area (TPSA) is 159 Å². The molecule has 39 heavy (non-hydrogen) atoms. The van der Waals surface area contributed by atoms with E-state index in [-0.39, 0.29) is 35.3 Å². The number of likely N-dealkylation sites (N-methyl/N-ethyl adjacent to an activating group) is 1. The van der Waals surface area contributed by atoms with Crippen LogP contribution in [0.1, 0.15) is 33.7 Å². The van der Waals surface area contributed by atoms with Gasteiger partial charge < -0.3 is 35.8 Å². The maximum atomic E-state index is 12.7. The summed E-state index contributed by atoms with van der Waals surface area (Å²) in [4.78, 5) is 47.2. The fraction of sp³-hybridized carbons (Fsp3) is 0.462. The number of benzene rings is 1. The third-order valence-electron chi connectivity index (χ3n) is 6.41. The first-order valence-electron chi connectivity index (χ1n) is 13.0. The zero-order chi connectivity index (χ0) is 27.8. The van der Waals surface area contributed by atoms with Crippen LogP contribution in [0, 0.1) is 0 Å². The van der Waals surface area contributed by atoms with Crippen molar-refractivity contribution >= 4 is 35.2 Å². The van der Waals surface area contributed by atoms with Crippen molar-refractivity contribution in [2.24, 2.45) is 5.73 Å². The van der Waals surface area contributed by atoms with Crippen molar-refractivity contribution in [2.75, 3.05) is 70.7 Å². The molecular weight excluding hydrogens is 502 g/mol. The van der Waals surface area contributed by atoms with Gasteiger partial charge in [-0.15, -0.1) is 10.2 Å². The lowest BCUT2D eigenvalue weighted by molar-refractivity contribution is -0.127. The minimum absolute atomic E-state index is 0.0376. The van der Waals surface area contributed by atoms with E-state index < -0.39 is 5.91 Å². The van der Waals surface area contributed by atoms with Crippen LogP contribution in [0.5, 0.6) is 0 Å². The summed E-state index contributed by atoms with van der Waals surface area (Å²) in [6.07, 6.45) is 5.10. The van der Waals surface area contributed by atoms with E-state index in [4.69, 9.17) is 10.5 Å². The molecular formula is C26H35N9O4. The fourth-order valence-electron chi connectivity index (χ4n) is 4.37. The van der Waals surface area contributed by atoms with Crippen molar-refractivity contribution in [3.05, 3.63) is 47.7 Å². The number of nitrogens with one attached hydrogen (secondary N) is 2. The van der Waals surface area contributed by atoms with Crippen molar-refractivity contribution < 1.29 is 19.1 Å². The van der Waals surface area contributed by atoms with Gasteiger partial charge in [-0.1, -0.05) is 6.08 Å². The van der Waals surface area contributed by atoms with Crippen LogP contribution >= 0.6 is 0 Å². The second-order valence-electron chi connectivity index (χ2n) is 9.74. The summed E-state index contributed by atoms with van der Waals surface area (Å²) in [6.45, 7) is 4.04. The number of amides is 3. The number of nitrogens with zero attached hydrogens (tertiary/aromatic N) is 6. The van der Waals surface area contributed by atoms with Gasteiger partial charge in [-0.3, -0.25) is 14.4 Å². The molecule has 2 aromatic rings. The van der Waals surface area contributed by atoms with Crippen LogP contribution in [-0.2, 0) is 9.53 Å². The lowest BCUT2D eigenvalue weighted by Gasteiger charge is -2.32. The molecule has 1 aromatic heterocycles. The molecule has 4 N–H and O–H groups in total. The number of hydrogen-bond acceptors (Lipinski definition) is 10. The van der Waals surface area contributed by atoms with Gasteiger partial charge in [0.15, 0.2) is 11.5 Å². The molecule has 3 amide bonds. The third kappa shape index (κ3) is 7.71. The maximum Gasteiger partial charge on any atom is 0.273 e. The molecule has 1 aromatic carbocycles. The van der Waals surface area contributed by atoms with E-state index in [9.17, 15) is 14.4 Å². The average molecular weight is 538 g/mol. The van der Waals surface area contributed by atoms with Crippen molar-refractivity contribution in [3.8, 4) is 0 Å². The number of ether oxygens (including phenoxy) is 1. The zero-order valence-electron chi connectivity index (χ0n) is 22.3. The Morgan fingerprint density at radius 3 is 2.54 bits per heavy atom. The molecule has 13 nitrogen and oxygen atoms in total. The standard InChI is InChI=1S/C26H35N9O4/c1-33(2)11-4-6-21(36)35-12-3-5-20(17-35)29-26-30-24(22(23(27)37)31-32-26)28-19-9-7-18(8-10-19)25(38)34-13-15-39-16-14-34/h4,6-10,20H,3,5,11-17H2,1-2H3,(H2,27,37)(H2,28,29,30,32). The van der Waals surface area contributed by atoms with Gasteiger partial charge in [-0.05, 0) is 51.2 Å². The number of carbonyl (C=O) groups is 3. The van der Waals surface area contributed by atoms with Crippen molar-refractivity contribution in [1.82, 2.24) is 29.9 Å². The van der Waals surface area contributed by atoms with E-state index in [1.54, 1.807) is 40.1 Å². The molecule has 208 valence electrons. The lowest BCUT2D eigenvalue weighted by Crippen LogP contribution is -2.44. The summed E-state index contributed by atoms with van der Waals surface area (Å²) in [5.41, 5.74) is 6.54. The van der Waals surface area contributed by atoms with Crippen molar-refractivity contribution in [3.63, 3.8) is 0 Å². The highest BCUT2D eigenvalue weighted by molar-refractivity contribution is 5.97. The fourth-order valence-corrected chi connectivity index (χ4v) is 4.37. The lowest BCUT2D eigenvalue weighted by atomic mass is 10.1. The Morgan fingerprint density at radius 1 is 1.10 bits per heavy atom. The Labute approximate surface area is 227 Å². The smallest absolute Gasteiger partial charge is 0.273 e. The summed E-state index contributed by atoms with van der Waals surface area (Å²) < 4.78 is 5.31. The van der Waals surface area contributed by atoms with Gasteiger partial charge in [-0.2, -0.15) is 4.98 Å². The number of aromatic nitrogens is 3. The number of nitrogens with two attached hydrogens (primary N) is 1. The van der Waals surface area contributed by atoms with E-state index in [1.165, 1.54) is 0 Å². The molecule has 0 aliphatic carbocycles. The Kier molecular flexibility index (Phi) is 9.39. The second kappa shape index (κ2) is 13.1. The van der Waals surface area contributed by atoms with Gasteiger partial charge in [-0.25, -0.2) is 0 Å². The summed E-state index contributed by atoms with van der Waals surface area (Å²) in [5.74, 6) is -0.524. The predicted octanol–water partition coefficient (Wildman–Crippen LogP) is 0.707. The van der Waals surface area contributed by atoms with Crippen molar-refractivity contribution in [2.45, 2.75) is 18.9 Å². The Bertz CT molecular complexity index is 1200. The molecule has 0 bridgehead atoms. The minimum atomic E-state index is -0.776. The number of piperidine rings is 1. The Morgan fingerprint density at radius 2 is 1.85 bits per heavy atom. The van der Waals surface area contributed by atoms with Gasteiger partial charge in [0.1, 0.15) is 0 Å². The van der Waals surface area contributed by atoms with E-state index in [0.29, 0.717) is 57.2 Å². The summed E-state index contributed by atoms with van der Waals surface area (Å²) in [5, 5.41) is 14.3. The first kappa shape index (κ1) is 27.9. The molecule has 4 rings (SSSR count). The Balaban J connectivity index is 1.42. The van der Waals surface area contributed by atoms with Gasteiger partial charge in [0.2, 0.25) is 11.9 Å². The van der Waals surface area contributed by atoms with Gasteiger partial charge in [0, 0.05) is 56.1 Å². The molecule has 2 aliphatic heterocycles. The zero-order valence-corrected chi connectivity index (χ0v) is 22.3. The molecule has 2 saturated heterocycles. The highest BCUT2D eigenvalue weighted by Gasteiger charge is 2.24. The summed E-state index contributed by atoms with van der Waals surface area (Å²) >= 11 is 0. The quantitative estimate of drug-likeness (QED) is 0.389. The Hall–Kier alpha value is -4.10. The van der Waals surface area contributed by atoms with Crippen LogP contribution < -0.4 is 16.4 Å². The van der Waals surface area contributed by atoms with Crippen molar-refractivity contribution in [1.29, 1.82) is 0 Å².